The first-order chi connectivity index (χ1) is 13.7. The minimum Gasteiger partial charge on any atom is -0.444 e. The van der Waals surface area contributed by atoms with E-state index in [0.29, 0.717) is 24.9 Å². The van der Waals surface area contributed by atoms with E-state index in [2.05, 4.69) is 20.6 Å². The summed E-state index contributed by atoms with van der Waals surface area (Å²) in [6.45, 7) is 4.63. The monoisotopic (exact) mass is 536 g/mol. The van der Waals surface area contributed by atoms with Crippen LogP contribution >= 0.6 is 24.0 Å². The number of rotatable bonds is 5. The second kappa shape index (κ2) is 10.0. The van der Waals surface area contributed by atoms with E-state index in [1.807, 2.05) is 13.8 Å². The zero-order valence-electron chi connectivity index (χ0n) is 17.4. The van der Waals surface area contributed by atoms with Crippen LogP contribution in [-0.4, -0.2) is 24.5 Å². The van der Waals surface area contributed by atoms with Gasteiger partial charge in [-0.3, -0.25) is 4.99 Å². The highest BCUT2D eigenvalue weighted by Crippen LogP contribution is 2.42. The summed E-state index contributed by atoms with van der Waals surface area (Å²) in [6, 6.07) is 5.72. The smallest absolute Gasteiger partial charge is 0.416 e. The predicted molar refractivity (Wildman–Crippen MR) is 121 cm³/mol. The summed E-state index contributed by atoms with van der Waals surface area (Å²) in [6.07, 6.45) is -0.655. The van der Waals surface area contributed by atoms with E-state index < -0.39 is 11.7 Å². The number of alkyl halides is 3. The average Bonchev–Trinajstić information content (AvgIpc) is 3.29. The standard InChI is InChI=1S/C21H27F3N4O.HI/c1-14-15(2)29-18(28-14)12-26-19(25-3)27-13-20(9-4-5-10-20)16-7-6-8-17(11-16)21(22,23)24;/h6-8,11H,4-5,9-10,12-13H2,1-3H3,(H2,25,26,27);1H. The lowest BCUT2D eigenvalue weighted by molar-refractivity contribution is -0.137. The minimum atomic E-state index is -4.34. The fourth-order valence-electron chi connectivity index (χ4n) is 3.89. The van der Waals surface area contributed by atoms with Gasteiger partial charge in [0.2, 0.25) is 5.89 Å². The van der Waals surface area contributed by atoms with E-state index in [0.717, 1.165) is 48.8 Å². The molecule has 2 N–H and O–H groups in total. The second-order valence-electron chi connectivity index (χ2n) is 7.59. The van der Waals surface area contributed by atoms with Crippen molar-refractivity contribution in [3.05, 3.63) is 52.7 Å². The van der Waals surface area contributed by atoms with E-state index in [1.165, 1.54) is 12.1 Å². The van der Waals surface area contributed by atoms with Crippen molar-refractivity contribution >= 4 is 29.9 Å². The molecule has 1 aliphatic rings. The van der Waals surface area contributed by atoms with Gasteiger partial charge in [-0.2, -0.15) is 13.2 Å². The minimum absolute atomic E-state index is 0. The molecule has 0 bridgehead atoms. The van der Waals surface area contributed by atoms with Crippen LogP contribution in [0.15, 0.2) is 33.7 Å². The number of guanidine groups is 1. The Hall–Kier alpha value is -1.78. The molecule has 0 spiro atoms. The molecule has 1 aliphatic carbocycles. The third-order valence-corrected chi connectivity index (χ3v) is 5.66. The summed E-state index contributed by atoms with van der Waals surface area (Å²) >= 11 is 0. The largest absolute Gasteiger partial charge is 0.444 e. The SMILES string of the molecule is CN=C(NCc1nc(C)c(C)o1)NCC1(c2cccc(C(F)(F)F)c2)CCCC1.I. The maximum Gasteiger partial charge on any atom is 0.416 e. The molecule has 0 aliphatic heterocycles. The fraction of sp³-hybridized carbons (Fsp3) is 0.524. The topological polar surface area (TPSA) is 62.5 Å². The number of hydrogen-bond acceptors (Lipinski definition) is 3. The van der Waals surface area contributed by atoms with Crippen molar-refractivity contribution in [2.24, 2.45) is 4.99 Å². The molecule has 0 radical (unpaired) electrons. The third kappa shape index (κ3) is 5.67. The molecular weight excluding hydrogens is 508 g/mol. The Kier molecular flexibility index (Phi) is 8.18. The number of halogens is 4. The van der Waals surface area contributed by atoms with Crippen LogP contribution in [0.5, 0.6) is 0 Å². The molecule has 0 amide bonds. The first-order valence-electron chi connectivity index (χ1n) is 9.79. The van der Waals surface area contributed by atoms with E-state index in [1.54, 1.807) is 13.1 Å². The second-order valence-corrected chi connectivity index (χ2v) is 7.59. The maximum absolute atomic E-state index is 13.2. The molecular formula is C21H28F3IN4O. The van der Waals surface area contributed by atoms with Gasteiger partial charge in [0, 0.05) is 19.0 Å². The summed E-state index contributed by atoms with van der Waals surface area (Å²) in [5.41, 5.74) is 0.638. The Morgan fingerprint density at radius 2 is 1.90 bits per heavy atom. The number of aryl methyl sites for hydroxylation is 2. The van der Waals surface area contributed by atoms with Crippen LogP contribution in [0.3, 0.4) is 0 Å². The molecule has 1 aromatic carbocycles. The van der Waals surface area contributed by atoms with E-state index >= 15 is 0 Å². The van der Waals surface area contributed by atoms with Gasteiger partial charge in [-0.25, -0.2) is 4.98 Å². The van der Waals surface area contributed by atoms with Crippen LogP contribution in [0.1, 0.15) is 54.2 Å². The Labute approximate surface area is 192 Å². The molecule has 0 saturated heterocycles. The Balaban J connectivity index is 0.00000320. The number of nitrogens with one attached hydrogen (secondary N) is 2. The van der Waals surface area contributed by atoms with Crippen LogP contribution < -0.4 is 10.6 Å². The average molecular weight is 536 g/mol. The van der Waals surface area contributed by atoms with Gasteiger partial charge < -0.3 is 15.1 Å². The van der Waals surface area contributed by atoms with Gasteiger partial charge in [-0.15, -0.1) is 24.0 Å². The van der Waals surface area contributed by atoms with Gasteiger partial charge in [0.25, 0.3) is 0 Å². The highest BCUT2D eigenvalue weighted by Gasteiger charge is 2.38. The number of benzene rings is 1. The third-order valence-electron chi connectivity index (χ3n) is 5.66. The number of aromatic nitrogens is 1. The highest BCUT2D eigenvalue weighted by atomic mass is 127. The van der Waals surface area contributed by atoms with Gasteiger partial charge in [0.15, 0.2) is 5.96 Å². The molecule has 30 heavy (non-hydrogen) atoms. The normalized spacial score (nSPS) is 16.3. The summed E-state index contributed by atoms with van der Waals surface area (Å²) in [5.74, 6) is 1.91. The number of oxazole rings is 1. The van der Waals surface area contributed by atoms with Crippen molar-refractivity contribution in [3.63, 3.8) is 0 Å². The van der Waals surface area contributed by atoms with E-state index in [-0.39, 0.29) is 29.4 Å². The Morgan fingerprint density at radius 3 is 2.47 bits per heavy atom. The quantitative estimate of drug-likeness (QED) is 0.317. The molecule has 0 unspecified atom stereocenters. The van der Waals surface area contributed by atoms with Crippen molar-refractivity contribution in [2.75, 3.05) is 13.6 Å². The molecule has 1 saturated carbocycles. The fourth-order valence-corrected chi connectivity index (χ4v) is 3.89. The van der Waals surface area contributed by atoms with Gasteiger partial charge in [0.1, 0.15) is 5.76 Å². The van der Waals surface area contributed by atoms with Gasteiger partial charge in [0.05, 0.1) is 17.8 Å². The van der Waals surface area contributed by atoms with Crippen molar-refractivity contribution < 1.29 is 17.6 Å². The van der Waals surface area contributed by atoms with Crippen molar-refractivity contribution in [3.8, 4) is 0 Å². The molecule has 9 heteroatoms. The van der Waals surface area contributed by atoms with Gasteiger partial charge in [-0.1, -0.05) is 31.0 Å². The number of hydrogen-bond donors (Lipinski definition) is 2. The molecule has 3 rings (SSSR count). The lowest BCUT2D eigenvalue weighted by Crippen LogP contribution is -2.44. The molecule has 1 heterocycles. The zero-order chi connectivity index (χ0) is 21.1. The predicted octanol–water partition coefficient (Wildman–Crippen LogP) is 5.11. The molecule has 166 valence electrons. The lowest BCUT2D eigenvalue weighted by Gasteiger charge is -2.31. The van der Waals surface area contributed by atoms with Crippen LogP contribution in [0.25, 0.3) is 0 Å². The Morgan fingerprint density at radius 1 is 1.20 bits per heavy atom. The van der Waals surface area contributed by atoms with Crippen LogP contribution in [0.4, 0.5) is 13.2 Å². The summed E-state index contributed by atoms with van der Waals surface area (Å²) in [7, 11) is 1.66. The molecule has 1 fully saturated rings. The van der Waals surface area contributed by atoms with Crippen LogP contribution in [0, 0.1) is 13.8 Å². The van der Waals surface area contributed by atoms with E-state index in [9.17, 15) is 13.2 Å². The van der Waals surface area contributed by atoms with Crippen LogP contribution in [-0.2, 0) is 18.1 Å². The molecule has 5 nitrogen and oxygen atoms in total. The first kappa shape index (κ1) is 24.5. The molecule has 2 aromatic rings. The van der Waals surface area contributed by atoms with E-state index in [4.69, 9.17) is 4.42 Å². The van der Waals surface area contributed by atoms with Gasteiger partial charge in [-0.05, 0) is 38.3 Å². The first-order valence-corrected chi connectivity index (χ1v) is 9.79. The van der Waals surface area contributed by atoms with Gasteiger partial charge >= 0.3 is 6.18 Å². The number of aliphatic imine (C=N–C) groups is 1. The van der Waals surface area contributed by atoms with Crippen molar-refractivity contribution in [1.82, 2.24) is 15.6 Å². The lowest BCUT2D eigenvalue weighted by atomic mass is 9.78. The van der Waals surface area contributed by atoms with Crippen molar-refractivity contribution in [2.45, 2.75) is 57.7 Å². The highest BCUT2D eigenvalue weighted by molar-refractivity contribution is 14.0. The van der Waals surface area contributed by atoms with Crippen molar-refractivity contribution in [1.29, 1.82) is 0 Å². The Bertz CT molecular complexity index is 854. The number of nitrogens with zero attached hydrogens (tertiary/aromatic N) is 2. The summed E-state index contributed by atoms with van der Waals surface area (Å²) in [4.78, 5) is 8.55. The molecule has 0 atom stereocenters. The van der Waals surface area contributed by atoms with Crippen LogP contribution in [0.2, 0.25) is 0 Å². The summed E-state index contributed by atoms with van der Waals surface area (Å²) in [5, 5.41) is 6.45. The summed E-state index contributed by atoms with van der Waals surface area (Å²) < 4.78 is 45.1. The zero-order valence-corrected chi connectivity index (χ0v) is 19.7. The molecule has 1 aromatic heterocycles. The maximum atomic E-state index is 13.2.